The van der Waals surface area contributed by atoms with Crippen LogP contribution in [-0.2, 0) is 17.6 Å². The molecule has 0 saturated carbocycles. The number of ether oxygens (including phenoxy) is 1. The van der Waals surface area contributed by atoms with Gasteiger partial charge in [0.25, 0.3) is 0 Å². The normalized spacial score (nSPS) is 19.1. The molecule has 1 N–H and O–H groups in total. The van der Waals surface area contributed by atoms with Crippen molar-refractivity contribution >= 4 is 0 Å². The molecule has 1 atom stereocenters. The Labute approximate surface area is 103 Å². The van der Waals surface area contributed by atoms with Crippen molar-refractivity contribution in [2.75, 3.05) is 26.8 Å². The topological polar surface area (TPSA) is 47.0 Å². The van der Waals surface area contributed by atoms with Gasteiger partial charge < -0.3 is 10.1 Å². The van der Waals surface area contributed by atoms with Crippen LogP contribution in [0.15, 0.2) is 6.33 Å². The molecule has 1 aliphatic rings. The van der Waals surface area contributed by atoms with Gasteiger partial charge in [-0.15, -0.1) is 0 Å². The van der Waals surface area contributed by atoms with Gasteiger partial charge in [0.2, 0.25) is 0 Å². The Balaban J connectivity index is 1.87. The van der Waals surface area contributed by atoms with E-state index in [0.717, 1.165) is 38.2 Å². The van der Waals surface area contributed by atoms with Crippen molar-refractivity contribution < 1.29 is 4.74 Å². The van der Waals surface area contributed by atoms with Crippen LogP contribution in [0.5, 0.6) is 0 Å². The molecule has 0 aromatic carbocycles. The van der Waals surface area contributed by atoms with Crippen LogP contribution in [0.4, 0.5) is 0 Å². The number of aryl methyl sites for hydroxylation is 2. The first-order chi connectivity index (χ1) is 8.31. The van der Waals surface area contributed by atoms with Crippen molar-refractivity contribution in [3.8, 4) is 0 Å². The molecule has 1 aromatic heterocycles. The van der Waals surface area contributed by atoms with Crippen molar-refractivity contribution in [3.05, 3.63) is 23.3 Å². The molecule has 4 nitrogen and oxygen atoms in total. The predicted octanol–water partition coefficient (Wildman–Crippen LogP) is 1.13. The van der Waals surface area contributed by atoms with Crippen LogP contribution in [0.1, 0.15) is 23.4 Å². The summed E-state index contributed by atoms with van der Waals surface area (Å²) in [6, 6.07) is 0. The molecule has 1 aliphatic carbocycles. The van der Waals surface area contributed by atoms with E-state index in [0.29, 0.717) is 5.92 Å². The minimum Gasteiger partial charge on any atom is -0.383 e. The van der Waals surface area contributed by atoms with Gasteiger partial charge in [-0.25, -0.2) is 9.97 Å². The molecule has 94 valence electrons. The Kier molecular flexibility index (Phi) is 4.45. The molecule has 0 radical (unpaired) electrons. The van der Waals surface area contributed by atoms with Gasteiger partial charge in [-0.05, 0) is 44.2 Å². The Morgan fingerprint density at radius 1 is 1.47 bits per heavy atom. The SMILES string of the molecule is COCCNCC1CCc2ncnc(C)c2C1. The Bertz CT molecular complexity index is 368. The molecule has 0 amide bonds. The van der Waals surface area contributed by atoms with Gasteiger partial charge in [0.15, 0.2) is 0 Å². The maximum atomic E-state index is 5.02. The minimum atomic E-state index is 0.712. The van der Waals surface area contributed by atoms with E-state index in [-0.39, 0.29) is 0 Å². The molecule has 1 unspecified atom stereocenters. The van der Waals surface area contributed by atoms with Crippen molar-refractivity contribution in [1.82, 2.24) is 15.3 Å². The molecule has 0 saturated heterocycles. The zero-order chi connectivity index (χ0) is 12.1. The van der Waals surface area contributed by atoms with Crippen LogP contribution < -0.4 is 5.32 Å². The number of nitrogens with one attached hydrogen (secondary N) is 1. The zero-order valence-electron chi connectivity index (χ0n) is 10.7. The maximum absolute atomic E-state index is 5.02. The van der Waals surface area contributed by atoms with Gasteiger partial charge in [-0.1, -0.05) is 0 Å². The summed E-state index contributed by atoms with van der Waals surface area (Å²) in [6.07, 6.45) is 5.12. The van der Waals surface area contributed by atoms with Crippen LogP contribution in [-0.4, -0.2) is 36.8 Å². The lowest BCUT2D eigenvalue weighted by molar-refractivity contribution is 0.197. The average Bonchev–Trinajstić information content (AvgIpc) is 2.36. The molecule has 4 heteroatoms. The van der Waals surface area contributed by atoms with Gasteiger partial charge in [-0.2, -0.15) is 0 Å². The molecular weight excluding hydrogens is 214 g/mol. The number of hydrogen-bond acceptors (Lipinski definition) is 4. The largest absolute Gasteiger partial charge is 0.383 e. The summed E-state index contributed by atoms with van der Waals surface area (Å²) >= 11 is 0. The highest BCUT2D eigenvalue weighted by atomic mass is 16.5. The summed E-state index contributed by atoms with van der Waals surface area (Å²) in [5.41, 5.74) is 3.78. The number of rotatable bonds is 5. The van der Waals surface area contributed by atoms with Crippen molar-refractivity contribution in [2.24, 2.45) is 5.92 Å². The molecule has 0 aliphatic heterocycles. The summed E-state index contributed by atoms with van der Waals surface area (Å²) in [4.78, 5) is 8.66. The van der Waals surface area contributed by atoms with Crippen molar-refractivity contribution in [2.45, 2.75) is 26.2 Å². The summed E-state index contributed by atoms with van der Waals surface area (Å²) in [5.74, 6) is 0.712. The van der Waals surface area contributed by atoms with Crippen LogP contribution in [0.2, 0.25) is 0 Å². The second-order valence-corrected chi connectivity index (χ2v) is 4.69. The summed E-state index contributed by atoms with van der Waals surface area (Å²) in [7, 11) is 1.74. The van der Waals surface area contributed by atoms with E-state index in [2.05, 4.69) is 22.2 Å². The number of nitrogens with zero attached hydrogens (tertiary/aromatic N) is 2. The van der Waals surface area contributed by atoms with E-state index in [4.69, 9.17) is 4.74 Å². The molecule has 1 heterocycles. The van der Waals surface area contributed by atoms with Gasteiger partial charge in [0.1, 0.15) is 6.33 Å². The van der Waals surface area contributed by atoms with Crippen molar-refractivity contribution in [3.63, 3.8) is 0 Å². The Morgan fingerprint density at radius 2 is 2.35 bits per heavy atom. The van der Waals surface area contributed by atoms with E-state index in [9.17, 15) is 0 Å². The smallest absolute Gasteiger partial charge is 0.115 e. The molecule has 0 spiro atoms. The molecular formula is C13H21N3O. The van der Waals surface area contributed by atoms with E-state index >= 15 is 0 Å². The lowest BCUT2D eigenvalue weighted by atomic mass is 9.86. The Morgan fingerprint density at radius 3 is 3.18 bits per heavy atom. The lowest BCUT2D eigenvalue weighted by Crippen LogP contribution is -2.30. The summed E-state index contributed by atoms with van der Waals surface area (Å²) in [5, 5.41) is 3.44. The zero-order valence-corrected chi connectivity index (χ0v) is 10.7. The number of fused-ring (bicyclic) bond motifs is 1. The lowest BCUT2D eigenvalue weighted by Gasteiger charge is -2.24. The quantitative estimate of drug-likeness (QED) is 0.777. The van der Waals surface area contributed by atoms with E-state index in [1.165, 1.54) is 17.7 Å². The monoisotopic (exact) mass is 235 g/mol. The fourth-order valence-electron chi connectivity index (χ4n) is 2.42. The standard InChI is InChI=1S/C13H21N3O/c1-10-12-7-11(8-14-5-6-17-2)3-4-13(12)16-9-15-10/h9,11,14H,3-8H2,1-2H3. The third kappa shape index (κ3) is 3.23. The third-order valence-electron chi connectivity index (χ3n) is 3.45. The highest BCUT2D eigenvalue weighted by molar-refractivity contribution is 5.26. The fourth-order valence-corrected chi connectivity index (χ4v) is 2.42. The Hall–Kier alpha value is -1.00. The number of aromatic nitrogens is 2. The third-order valence-corrected chi connectivity index (χ3v) is 3.45. The maximum Gasteiger partial charge on any atom is 0.115 e. The van der Waals surface area contributed by atoms with Crippen LogP contribution in [0.25, 0.3) is 0 Å². The van der Waals surface area contributed by atoms with Gasteiger partial charge in [-0.3, -0.25) is 0 Å². The average molecular weight is 235 g/mol. The number of hydrogen-bond donors (Lipinski definition) is 1. The second kappa shape index (κ2) is 6.07. The van der Waals surface area contributed by atoms with Crippen LogP contribution >= 0.6 is 0 Å². The van der Waals surface area contributed by atoms with Crippen LogP contribution in [0.3, 0.4) is 0 Å². The van der Waals surface area contributed by atoms with E-state index < -0.39 is 0 Å². The van der Waals surface area contributed by atoms with Crippen molar-refractivity contribution in [1.29, 1.82) is 0 Å². The molecule has 0 fully saturated rings. The summed E-state index contributed by atoms with van der Waals surface area (Å²) in [6.45, 7) is 4.87. The highest BCUT2D eigenvalue weighted by Crippen LogP contribution is 2.24. The highest BCUT2D eigenvalue weighted by Gasteiger charge is 2.20. The van der Waals surface area contributed by atoms with E-state index in [1.807, 2.05) is 0 Å². The minimum absolute atomic E-state index is 0.712. The van der Waals surface area contributed by atoms with E-state index in [1.54, 1.807) is 13.4 Å². The number of methoxy groups -OCH3 is 1. The molecule has 2 rings (SSSR count). The first-order valence-electron chi connectivity index (χ1n) is 6.30. The first kappa shape index (κ1) is 12.5. The van der Waals surface area contributed by atoms with Gasteiger partial charge in [0, 0.05) is 25.0 Å². The van der Waals surface area contributed by atoms with Gasteiger partial charge in [0.05, 0.1) is 6.61 Å². The fraction of sp³-hybridized carbons (Fsp3) is 0.692. The molecule has 0 bridgehead atoms. The second-order valence-electron chi connectivity index (χ2n) is 4.69. The molecule has 17 heavy (non-hydrogen) atoms. The van der Waals surface area contributed by atoms with Gasteiger partial charge >= 0.3 is 0 Å². The molecule has 1 aromatic rings. The predicted molar refractivity (Wildman–Crippen MR) is 67.0 cm³/mol. The first-order valence-corrected chi connectivity index (χ1v) is 6.30. The van der Waals surface area contributed by atoms with Crippen LogP contribution in [0, 0.1) is 12.8 Å². The summed E-state index contributed by atoms with van der Waals surface area (Å²) < 4.78 is 5.02.